The van der Waals surface area contributed by atoms with Crippen LogP contribution in [0, 0.1) is 34.5 Å². The van der Waals surface area contributed by atoms with Gasteiger partial charge in [0.25, 0.3) is 0 Å². The number of Topliss-reactive ketones (excluding diaryl/α,β-unsaturated/α-hetero) is 2. The Morgan fingerprint density at radius 3 is 2.71 bits per heavy atom. The van der Waals surface area contributed by atoms with Gasteiger partial charge in [-0.05, 0) is 73.7 Å². The van der Waals surface area contributed by atoms with Gasteiger partial charge in [0.1, 0.15) is 5.78 Å². The first-order chi connectivity index (χ1) is 11.3. The Balaban J connectivity index is 1.68. The zero-order valence-corrected chi connectivity index (χ0v) is 15.2. The summed E-state index contributed by atoms with van der Waals surface area (Å²) in [5, 5.41) is 11.1. The average Bonchev–Trinajstić information content (AvgIpc) is 2.88. The minimum atomic E-state index is -0.436. The van der Waals surface area contributed by atoms with Crippen LogP contribution in [0.3, 0.4) is 0 Å². The molecule has 0 saturated heterocycles. The number of rotatable bonds is 1. The van der Waals surface area contributed by atoms with Gasteiger partial charge >= 0.3 is 0 Å². The van der Waals surface area contributed by atoms with Crippen molar-refractivity contribution in [2.75, 3.05) is 0 Å². The normalized spacial score (nSPS) is 50.6. The zero-order valence-electron chi connectivity index (χ0n) is 15.2. The fourth-order valence-corrected chi connectivity index (χ4v) is 7.12. The molecule has 0 radical (unpaired) electrons. The monoisotopic (exact) mass is 330 g/mol. The predicted molar refractivity (Wildman–Crippen MR) is 92.3 cm³/mol. The van der Waals surface area contributed by atoms with Crippen molar-refractivity contribution in [2.45, 2.75) is 71.8 Å². The lowest BCUT2D eigenvalue weighted by Gasteiger charge is -2.61. The van der Waals surface area contributed by atoms with Gasteiger partial charge in [0, 0.05) is 18.3 Å². The van der Waals surface area contributed by atoms with Crippen LogP contribution in [-0.4, -0.2) is 22.8 Å². The molecule has 0 spiro atoms. The standard InChI is InChI=1S/C21H30O3/c1-12(22)16-6-7-17-15-5-4-13-10-14(23)8-9-20(13,2)18(15)11-19(24)21(16,17)3/h6,13,15,17-19,24H,4-5,7-11H2,1-3H3. The molecule has 7 unspecified atom stereocenters. The van der Waals surface area contributed by atoms with E-state index in [-0.39, 0.29) is 16.6 Å². The van der Waals surface area contributed by atoms with Gasteiger partial charge in [-0.25, -0.2) is 0 Å². The van der Waals surface area contributed by atoms with E-state index in [4.69, 9.17) is 0 Å². The van der Waals surface area contributed by atoms with Crippen LogP contribution in [0.2, 0.25) is 0 Å². The molecule has 0 aliphatic heterocycles. The summed E-state index contributed by atoms with van der Waals surface area (Å²) in [5.41, 5.74) is 0.697. The number of aliphatic hydroxyl groups excluding tert-OH is 1. The van der Waals surface area contributed by atoms with Crippen LogP contribution in [0.1, 0.15) is 65.7 Å². The molecule has 4 aliphatic rings. The van der Waals surface area contributed by atoms with Gasteiger partial charge in [-0.3, -0.25) is 9.59 Å². The molecule has 7 atom stereocenters. The number of fused-ring (bicyclic) bond motifs is 5. The van der Waals surface area contributed by atoms with Crippen molar-refractivity contribution >= 4 is 11.6 Å². The lowest BCUT2D eigenvalue weighted by molar-refractivity contribution is -0.155. The molecule has 24 heavy (non-hydrogen) atoms. The minimum Gasteiger partial charge on any atom is -0.392 e. The Hall–Kier alpha value is -0.960. The van der Waals surface area contributed by atoms with Crippen molar-refractivity contribution in [2.24, 2.45) is 34.5 Å². The van der Waals surface area contributed by atoms with Crippen molar-refractivity contribution < 1.29 is 14.7 Å². The van der Waals surface area contributed by atoms with Gasteiger partial charge < -0.3 is 5.11 Å². The van der Waals surface area contributed by atoms with Crippen molar-refractivity contribution in [1.82, 2.24) is 0 Å². The first kappa shape index (κ1) is 16.5. The van der Waals surface area contributed by atoms with Crippen LogP contribution >= 0.6 is 0 Å². The maximum Gasteiger partial charge on any atom is 0.156 e. The zero-order chi connectivity index (χ0) is 17.3. The third-order valence-corrected chi connectivity index (χ3v) is 8.55. The second-order valence-electron chi connectivity index (χ2n) is 9.34. The molecule has 3 saturated carbocycles. The first-order valence-electron chi connectivity index (χ1n) is 9.69. The number of aliphatic hydroxyl groups is 1. The van der Waals surface area contributed by atoms with E-state index >= 15 is 0 Å². The summed E-state index contributed by atoms with van der Waals surface area (Å²) >= 11 is 0. The van der Waals surface area contributed by atoms with Crippen molar-refractivity contribution in [3.8, 4) is 0 Å². The summed E-state index contributed by atoms with van der Waals surface area (Å²) in [4.78, 5) is 24.1. The third-order valence-electron chi connectivity index (χ3n) is 8.55. The van der Waals surface area contributed by atoms with E-state index in [1.165, 1.54) is 0 Å². The minimum absolute atomic E-state index is 0.126. The number of carbonyl (C=O) groups excluding carboxylic acids is 2. The predicted octanol–water partition coefficient (Wildman–Crippen LogP) is 3.69. The fraction of sp³-hybridized carbons (Fsp3) is 0.810. The van der Waals surface area contributed by atoms with E-state index in [0.29, 0.717) is 35.9 Å². The van der Waals surface area contributed by atoms with Crippen LogP contribution < -0.4 is 0 Å². The SMILES string of the molecule is CC(=O)C1=CCC2C3CCC4CC(=O)CCC4(C)C3CC(O)C12C. The Kier molecular flexibility index (Phi) is 3.62. The Labute approximate surface area is 144 Å². The molecular weight excluding hydrogens is 300 g/mol. The maximum atomic E-state index is 12.1. The second kappa shape index (κ2) is 5.27. The highest BCUT2D eigenvalue weighted by Crippen LogP contribution is 2.66. The molecule has 4 aliphatic carbocycles. The number of ketones is 2. The molecule has 132 valence electrons. The summed E-state index contributed by atoms with van der Waals surface area (Å²) in [7, 11) is 0. The smallest absolute Gasteiger partial charge is 0.156 e. The summed E-state index contributed by atoms with van der Waals surface area (Å²) in [5.74, 6) is 2.52. The van der Waals surface area contributed by atoms with Crippen LogP contribution in [-0.2, 0) is 9.59 Å². The molecule has 0 aromatic rings. The Bertz CT molecular complexity index is 621. The van der Waals surface area contributed by atoms with Crippen molar-refractivity contribution in [1.29, 1.82) is 0 Å². The summed E-state index contributed by atoms with van der Waals surface area (Å²) in [6.07, 6.45) is 8.14. The van der Waals surface area contributed by atoms with Crippen LogP contribution in [0.4, 0.5) is 0 Å². The molecule has 0 bridgehead atoms. The highest BCUT2D eigenvalue weighted by Gasteiger charge is 2.62. The molecule has 1 N–H and O–H groups in total. The van der Waals surface area contributed by atoms with Crippen LogP contribution in [0.15, 0.2) is 11.6 Å². The molecule has 3 fully saturated rings. The molecule has 0 amide bonds. The Morgan fingerprint density at radius 2 is 2.00 bits per heavy atom. The molecule has 0 aromatic heterocycles. The van der Waals surface area contributed by atoms with Gasteiger partial charge in [-0.2, -0.15) is 0 Å². The topological polar surface area (TPSA) is 54.4 Å². The number of carbonyl (C=O) groups is 2. The van der Waals surface area contributed by atoms with E-state index in [1.807, 2.05) is 0 Å². The second-order valence-corrected chi connectivity index (χ2v) is 9.34. The van der Waals surface area contributed by atoms with Crippen molar-refractivity contribution in [3.63, 3.8) is 0 Å². The van der Waals surface area contributed by atoms with Gasteiger partial charge in [0.15, 0.2) is 5.78 Å². The average molecular weight is 330 g/mol. The largest absolute Gasteiger partial charge is 0.392 e. The van der Waals surface area contributed by atoms with Crippen LogP contribution in [0.25, 0.3) is 0 Å². The summed E-state index contributed by atoms with van der Waals surface area (Å²) in [6.45, 7) is 6.14. The van der Waals surface area contributed by atoms with Gasteiger partial charge in [0.2, 0.25) is 0 Å². The molecule has 0 aromatic carbocycles. The summed E-state index contributed by atoms with van der Waals surface area (Å²) in [6, 6.07) is 0. The lowest BCUT2D eigenvalue weighted by Crippen LogP contribution is -2.58. The summed E-state index contributed by atoms with van der Waals surface area (Å²) < 4.78 is 0. The van der Waals surface area contributed by atoms with E-state index in [2.05, 4.69) is 19.9 Å². The highest BCUT2D eigenvalue weighted by molar-refractivity contribution is 5.95. The van der Waals surface area contributed by atoms with E-state index in [9.17, 15) is 14.7 Å². The van der Waals surface area contributed by atoms with Gasteiger partial charge in [-0.1, -0.05) is 19.9 Å². The van der Waals surface area contributed by atoms with E-state index in [1.54, 1.807) is 6.92 Å². The quantitative estimate of drug-likeness (QED) is 0.797. The molecule has 3 heteroatoms. The first-order valence-corrected chi connectivity index (χ1v) is 9.69. The Morgan fingerprint density at radius 1 is 1.25 bits per heavy atom. The van der Waals surface area contributed by atoms with E-state index < -0.39 is 6.10 Å². The third kappa shape index (κ3) is 2.00. The highest BCUT2D eigenvalue weighted by atomic mass is 16.3. The number of hydrogen-bond donors (Lipinski definition) is 1. The molecule has 3 nitrogen and oxygen atoms in total. The number of hydrogen-bond acceptors (Lipinski definition) is 3. The van der Waals surface area contributed by atoms with Crippen LogP contribution in [0.5, 0.6) is 0 Å². The molecule has 4 rings (SSSR count). The van der Waals surface area contributed by atoms with E-state index in [0.717, 1.165) is 44.1 Å². The van der Waals surface area contributed by atoms with Gasteiger partial charge in [-0.15, -0.1) is 0 Å². The lowest BCUT2D eigenvalue weighted by atomic mass is 9.44. The molecule has 0 heterocycles. The van der Waals surface area contributed by atoms with Crippen molar-refractivity contribution in [3.05, 3.63) is 11.6 Å². The maximum absolute atomic E-state index is 12.1. The fourth-order valence-electron chi connectivity index (χ4n) is 7.12. The number of allylic oxidation sites excluding steroid dienone is 1. The molecular formula is C21H30O3. The van der Waals surface area contributed by atoms with Gasteiger partial charge in [0.05, 0.1) is 6.10 Å².